The molecule has 0 aromatic heterocycles. The normalized spacial score (nSPS) is 15.8. The molecule has 0 saturated heterocycles. The number of rotatable bonds is 3. The van der Waals surface area contributed by atoms with Gasteiger partial charge in [-0.2, -0.15) is 4.99 Å². The van der Waals surface area contributed by atoms with E-state index >= 15 is 0 Å². The summed E-state index contributed by atoms with van der Waals surface area (Å²) in [5, 5.41) is 0. The zero-order valence-corrected chi connectivity index (χ0v) is 15.7. The van der Waals surface area contributed by atoms with Crippen molar-refractivity contribution in [2.75, 3.05) is 18.6 Å². The highest BCUT2D eigenvalue weighted by molar-refractivity contribution is 9.10. The van der Waals surface area contributed by atoms with E-state index in [0.717, 1.165) is 34.0 Å². The van der Waals surface area contributed by atoms with Crippen molar-refractivity contribution in [1.82, 2.24) is 4.90 Å². The number of hydrogen-bond acceptors (Lipinski definition) is 4. The third kappa shape index (κ3) is 2.80. The van der Waals surface area contributed by atoms with Gasteiger partial charge in [0.2, 0.25) is 5.96 Å². The molecule has 0 bridgehead atoms. The monoisotopic (exact) mass is 399 g/mol. The number of carbonyl (C=O) groups is 1. The zero-order valence-electron chi connectivity index (χ0n) is 14.1. The highest BCUT2D eigenvalue weighted by atomic mass is 79.9. The molecule has 0 N–H and O–H groups in total. The second-order valence-corrected chi connectivity index (χ2v) is 7.12. The van der Waals surface area contributed by atoms with Crippen molar-refractivity contribution < 1.29 is 9.53 Å². The van der Waals surface area contributed by atoms with Crippen LogP contribution in [0.1, 0.15) is 16.7 Å². The number of halogens is 1. The largest absolute Gasteiger partial charge is 0.497 e. The minimum atomic E-state index is -0.0943. The number of ether oxygens (including phenoxy) is 1. The van der Waals surface area contributed by atoms with Gasteiger partial charge in [0, 0.05) is 23.2 Å². The van der Waals surface area contributed by atoms with Gasteiger partial charge in [-0.1, -0.05) is 28.1 Å². The van der Waals surface area contributed by atoms with Crippen molar-refractivity contribution in [2.45, 2.75) is 20.0 Å². The van der Waals surface area contributed by atoms with Crippen molar-refractivity contribution in [1.29, 1.82) is 0 Å². The molecule has 4 rings (SSSR count). The predicted molar refractivity (Wildman–Crippen MR) is 101 cm³/mol. The molecule has 2 aromatic rings. The highest BCUT2D eigenvalue weighted by Crippen LogP contribution is 2.36. The molecule has 25 heavy (non-hydrogen) atoms. The van der Waals surface area contributed by atoms with E-state index in [1.54, 1.807) is 7.11 Å². The fourth-order valence-electron chi connectivity index (χ4n) is 3.35. The van der Waals surface area contributed by atoms with Crippen molar-refractivity contribution in [3.05, 3.63) is 57.6 Å². The van der Waals surface area contributed by atoms with Gasteiger partial charge in [-0.25, -0.2) is 0 Å². The highest BCUT2D eigenvalue weighted by Gasteiger charge is 2.35. The molecular weight excluding hydrogens is 382 g/mol. The molecular formula is C19H18BrN3O2. The van der Waals surface area contributed by atoms with E-state index in [4.69, 9.17) is 4.74 Å². The minimum Gasteiger partial charge on any atom is -0.497 e. The predicted octanol–water partition coefficient (Wildman–Crippen LogP) is 3.48. The third-order valence-corrected chi connectivity index (χ3v) is 5.58. The molecule has 1 amide bonds. The Hall–Kier alpha value is -2.34. The summed E-state index contributed by atoms with van der Waals surface area (Å²) < 4.78 is 6.31. The van der Waals surface area contributed by atoms with Gasteiger partial charge < -0.3 is 14.5 Å². The van der Waals surface area contributed by atoms with E-state index in [0.29, 0.717) is 13.1 Å². The van der Waals surface area contributed by atoms with Crippen LogP contribution in [0.3, 0.4) is 0 Å². The van der Waals surface area contributed by atoms with Gasteiger partial charge in [0.15, 0.2) is 0 Å². The van der Waals surface area contributed by atoms with E-state index in [9.17, 15) is 4.79 Å². The zero-order chi connectivity index (χ0) is 17.6. The van der Waals surface area contributed by atoms with Crippen LogP contribution in [0.2, 0.25) is 0 Å². The van der Waals surface area contributed by atoms with Crippen LogP contribution in [0, 0.1) is 6.92 Å². The second kappa shape index (κ2) is 6.19. The van der Waals surface area contributed by atoms with Gasteiger partial charge in [-0.15, -0.1) is 0 Å². The van der Waals surface area contributed by atoms with E-state index in [1.165, 1.54) is 11.1 Å². The first-order chi connectivity index (χ1) is 12.1. The van der Waals surface area contributed by atoms with Crippen LogP contribution in [-0.4, -0.2) is 30.4 Å². The standard InChI is InChI=1S/C19H18BrN3O2/c1-12-15-10-22(9-13-3-5-14(25-2)6-4-13)19-21-18(24)11-23(19)17(15)8-7-16(12)20/h3-8H,9-11H2,1-2H3. The Bertz CT molecular complexity index is 877. The summed E-state index contributed by atoms with van der Waals surface area (Å²) in [6.45, 7) is 3.84. The van der Waals surface area contributed by atoms with E-state index in [1.807, 2.05) is 35.2 Å². The Morgan fingerprint density at radius 2 is 1.92 bits per heavy atom. The quantitative estimate of drug-likeness (QED) is 0.792. The number of benzene rings is 2. The summed E-state index contributed by atoms with van der Waals surface area (Å²) in [6, 6.07) is 12.1. The Labute approximate surface area is 155 Å². The summed E-state index contributed by atoms with van der Waals surface area (Å²) in [6.07, 6.45) is 0. The molecule has 0 atom stereocenters. The first-order valence-electron chi connectivity index (χ1n) is 8.11. The maximum absolute atomic E-state index is 12.0. The Kier molecular flexibility index (Phi) is 4.00. The van der Waals surface area contributed by atoms with Crippen molar-refractivity contribution in [3.63, 3.8) is 0 Å². The fraction of sp³-hybridized carbons (Fsp3) is 0.263. The summed E-state index contributed by atoms with van der Waals surface area (Å²) in [5.74, 6) is 1.49. The van der Waals surface area contributed by atoms with Gasteiger partial charge in [0.05, 0.1) is 7.11 Å². The van der Waals surface area contributed by atoms with Crippen LogP contribution in [0.25, 0.3) is 0 Å². The second-order valence-electron chi connectivity index (χ2n) is 6.27. The molecule has 0 saturated carbocycles. The molecule has 0 fully saturated rings. The molecule has 2 aliphatic heterocycles. The minimum absolute atomic E-state index is 0.0943. The summed E-state index contributed by atoms with van der Waals surface area (Å²) in [4.78, 5) is 20.4. The molecule has 0 aliphatic carbocycles. The molecule has 0 unspecified atom stereocenters. The lowest BCUT2D eigenvalue weighted by molar-refractivity contribution is -0.115. The van der Waals surface area contributed by atoms with E-state index in [-0.39, 0.29) is 5.91 Å². The average Bonchev–Trinajstić information content (AvgIpc) is 3.01. The number of carbonyl (C=O) groups excluding carboxylic acids is 1. The van der Waals surface area contributed by atoms with Crippen molar-refractivity contribution in [2.24, 2.45) is 4.99 Å². The first kappa shape index (κ1) is 16.1. The summed E-state index contributed by atoms with van der Waals surface area (Å²) in [5.41, 5.74) is 4.67. The number of fused-ring (bicyclic) bond motifs is 3. The topological polar surface area (TPSA) is 45.1 Å². The van der Waals surface area contributed by atoms with Gasteiger partial charge >= 0.3 is 0 Å². The molecule has 2 heterocycles. The number of amides is 1. The van der Waals surface area contributed by atoms with E-state index in [2.05, 4.69) is 38.8 Å². The number of hydrogen-bond donors (Lipinski definition) is 0. The van der Waals surface area contributed by atoms with Crippen molar-refractivity contribution >= 4 is 33.5 Å². The van der Waals surface area contributed by atoms with Gasteiger partial charge in [0.25, 0.3) is 5.91 Å². The Morgan fingerprint density at radius 3 is 2.64 bits per heavy atom. The number of anilines is 1. The fourth-order valence-corrected chi connectivity index (χ4v) is 3.72. The van der Waals surface area contributed by atoms with Crippen LogP contribution in [0.15, 0.2) is 45.9 Å². The van der Waals surface area contributed by atoms with Crippen LogP contribution >= 0.6 is 15.9 Å². The SMILES string of the molecule is COc1ccc(CN2Cc3c(ccc(Br)c3C)N3CC(=O)N=C23)cc1. The molecule has 2 aliphatic rings. The molecule has 128 valence electrons. The van der Waals surface area contributed by atoms with Gasteiger partial charge in [-0.05, 0) is 47.9 Å². The van der Waals surface area contributed by atoms with Crippen LogP contribution < -0.4 is 9.64 Å². The smallest absolute Gasteiger partial charge is 0.268 e. The molecule has 5 nitrogen and oxygen atoms in total. The molecule has 0 radical (unpaired) electrons. The van der Waals surface area contributed by atoms with Crippen LogP contribution in [0.5, 0.6) is 5.75 Å². The lowest BCUT2D eigenvalue weighted by atomic mass is 10.0. The number of aliphatic imine (C=N–C) groups is 1. The molecule has 0 spiro atoms. The maximum atomic E-state index is 12.0. The number of nitrogens with zero attached hydrogens (tertiary/aromatic N) is 3. The average molecular weight is 400 g/mol. The number of guanidine groups is 1. The third-order valence-electron chi connectivity index (χ3n) is 4.72. The lowest BCUT2D eigenvalue weighted by Crippen LogP contribution is -2.45. The Balaban J connectivity index is 1.71. The van der Waals surface area contributed by atoms with E-state index < -0.39 is 0 Å². The summed E-state index contributed by atoms with van der Waals surface area (Å²) >= 11 is 3.61. The lowest BCUT2D eigenvalue weighted by Gasteiger charge is -2.38. The van der Waals surface area contributed by atoms with Gasteiger partial charge in [0.1, 0.15) is 12.3 Å². The molecule has 2 aromatic carbocycles. The Morgan fingerprint density at radius 1 is 1.16 bits per heavy atom. The first-order valence-corrected chi connectivity index (χ1v) is 8.91. The van der Waals surface area contributed by atoms with Crippen LogP contribution in [-0.2, 0) is 17.9 Å². The maximum Gasteiger partial charge on any atom is 0.268 e. The number of methoxy groups -OCH3 is 1. The summed E-state index contributed by atoms with van der Waals surface area (Å²) in [7, 11) is 1.66. The van der Waals surface area contributed by atoms with Gasteiger partial charge in [-0.3, -0.25) is 4.79 Å². The molecule has 6 heteroatoms. The van der Waals surface area contributed by atoms with Crippen molar-refractivity contribution in [3.8, 4) is 5.75 Å². The van der Waals surface area contributed by atoms with Crippen LogP contribution in [0.4, 0.5) is 5.69 Å².